The first kappa shape index (κ1) is 26.7. The molecule has 0 spiro atoms. The smallest absolute Gasteiger partial charge is 0.443 e. The molecule has 3 heterocycles. The Hall–Kier alpha value is -3.31. The third-order valence-corrected chi connectivity index (χ3v) is 7.61. The normalized spacial score (nSPS) is 15.8. The third-order valence-electron chi connectivity index (χ3n) is 5.10. The molecule has 0 bridgehead atoms. The molecule has 1 N–H and O–H groups in total. The van der Waals surface area contributed by atoms with Gasteiger partial charge in [-0.3, -0.25) is 4.52 Å². The molecule has 37 heavy (non-hydrogen) atoms. The van der Waals surface area contributed by atoms with E-state index in [-0.39, 0.29) is 53.7 Å². The lowest BCUT2D eigenvalue weighted by Gasteiger charge is -2.24. The molecule has 200 valence electrons. The molecule has 4 rings (SSSR count). The summed E-state index contributed by atoms with van der Waals surface area (Å²) in [7, 11) is -4.00. The predicted octanol–water partition coefficient (Wildman–Crippen LogP) is 2.38. The summed E-state index contributed by atoms with van der Waals surface area (Å²) in [5.41, 5.74) is -0.511. The number of benzene rings is 1. The summed E-state index contributed by atoms with van der Waals surface area (Å²) in [5.74, 6) is -1.27. The number of carbonyl (C=O) groups excluding carboxylic acids is 1. The Bertz CT molecular complexity index is 1460. The number of halogens is 2. The fourth-order valence-corrected chi connectivity index (χ4v) is 5.32. The quantitative estimate of drug-likeness (QED) is 0.394. The molecule has 0 atom stereocenters. The van der Waals surface area contributed by atoms with Crippen molar-refractivity contribution in [2.24, 2.45) is 0 Å². The second-order valence-electron chi connectivity index (χ2n) is 8.91. The second kappa shape index (κ2) is 10.2. The van der Waals surface area contributed by atoms with Gasteiger partial charge in [0.2, 0.25) is 11.6 Å². The number of aromatic nitrogens is 4. The monoisotopic (exact) mass is 603 g/mol. The van der Waals surface area contributed by atoms with E-state index in [9.17, 15) is 22.4 Å². The second-order valence-corrected chi connectivity index (χ2v) is 11.6. The number of anilines is 1. The topological polar surface area (TPSA) is 166 Å². The van der Waals surface area contributed by atoms with Crippen LogP contribution in [-0.2, 0) is 14.9 Å². The number of amides is 1. The summed E-state index contributed by atoms with van der Waals surface area (Å²) in [5, 5.41) is 14.2. The van der Waals surface area contributed by atoms with Crippen LogP contribution in [0.1, 0.15) is 27.2 Å². The third kappa shape index (κ3) is 5.67. The van der Waals surface area contributed by atoms with E-state index in [1.807, 2.05) is 0 Å². The van der Waals surface area contributed by atoms with E-state index in [2.05, 4.69) is 36.7 Å². The van der Waals surface area contributed by atoms with Crippen LogP contribution in [0.4, 0.5) is 15.0 Å². The Balaban J connectivity index is 1.41. The highest BCUT2D eigenvalue weighted by molar-refractivity contribution is 9.10. The van der Waals surface area contributed by atoms with E-state index >= 15 is 0 Å². The van der Waals surface area contributed by atoms with Crippen LogP contribution in [0.5, 0.6) is 0 Å². The van der Waals surface area contributed by atoms with Crippen molar-refractivity contribution in [2.75, 3.05) is 31.5 Å². The van der Waals surface area contributed by atoms with Gasteiger partial charge in [-0.05, 0) is 71.6 Å². The molecule has 1 amide bonds. The van der Waals surface area contributed by atoms with Gasteiger partial charge in [-0.2, -0.15) is 17.0 Å². The highest BCUT2D eigenvalue weighted by Gasteiger charge is 2.41. The Morgan fingerprint density at radius 3 is 2.70 bits per heavy atom. The van der Waals surface area contributed by atoms with Crippen molar-refractivity contribution in [3.8, 4) is 17.2 Å². The molecule has 2 aromatic heterocycles. The van der Waals surface area contributed by atoms with Gasteiger partial charge in [0.05, 0.1) is 16.7 Å². The Morgan fingerprint density at radius 2 is 2.00 bits per heavy atom. The van der Waals surface area contributed by atoms with Crippen LogP contribution in [0.25, 0.3) is 17.2 Å². The number of nitrogens with zero attached hydrogens (tertiary/aromatic N) is 6. The van der Waals surface area contributed by atoms with Gasteiger partial charge in [-0.1, -0.05) is 5.16 Å². The summed E-state index contributed by atoms with van der Waals surface area (Å²) in [6.07, 6.45) is -0.581. The first-order chi connectivity index (χ1) is 17.4. The summed E-state index contributed by atoms with van der Waals surface area (Å²) < 4.78 is 56.9. The van der Waals surface area contributed by atoms with E-state index < -0.39 is 33.5 Å². The van der Waals surface area contributed by atoms with Crippen LogP contribution < -0.4 is 11.1 Å². The Kier molecular flexibility index (Phi) is 7.38. The van der Waals surface area contributed by atoms with Crippen LogP contribution in [-0.4, -0.2) is 74.9 Å². The van der Waals surface area contributed by atoms with Gasteiger partial charge in [-0.25, -0.2) is 23.2 Å². The Labute approximate surface area is 218 Å². The predicted molar refractivity (Wildman–Crippen MR) is 130 cm³/mol. The molecule has 1 aliphatic rings. The lowest BCUT2D eigenvalue weighted by molar-refractivity contribution is 0.0405. The summed E-state index contributed by atoms with van der Waals surface area (Å²) in [6, 6.07) is 3.90. The van der Waals surface area contributed by atoms with Gasteiger partial charge in [-0.15, -0.1) is 0 Å². The zero-order valence-electron chi connectivity index (χ0n) is 20.0. The van der Waals surface area contributed by atoms with Crippen molar-refractivity contribution in [3.63, 3.8) is 0 Å². The van der Waals surface area contributed by atoms with E-state index in [1.54, 1.807) is 20.8 Å². The number of hydrogen-bond acceptors (Lipinski definition) is 11. The average Bonchev–Trinajstić information content (AvgIpc) is 3.49. The van der Waals surface area contributed by atoms with Crippen molar-refractivity contribution in [1.29, 1.82) is 0 Å². The van der Waals surface area contributed by atoms with Crippen LogP contribution in [0.3, 0.4) is 0 Å². The fourth-order valence-electron chi connectivity index (χ4n) is 3.46. The van der Waals surface area contributed by atoms with Crippen LogP contribution in [0.2, 0.25) is 0 Å². The molecular weight excluding hydrogens is 581 g/mol. The molecule has 3 aromatic rings. The number of ether oxygens (including phenoxy) is 1. The molecule has 17 heteroatoms. The van der Waals surface area contributed by atoms with Gasteiger partial charge >= 0.3 is 22.1 Å². The molecule has 0 unspecified atom stereocenters. The maximum absolute atomic E-state index is 13.7. The summed E-state index contributed by atoms with van der Waals surface area (Å²) in [6.45, 7) is 5.45. The van der Waals surface area contributed by atoms with E-state index in [1.165, 1.54) is 22.5 Å². The van der Waals surface area contributed by atoms with E-state index in [0.29, 0.717) is 10.7 Å². The first-order valence-electron chi connectivity index (χ1n) is 11.0. The largest absolute Gasteiger partial charge is 0.446 e. The summed E-state index contributed by atoms with van der Waals surface area (Å²) >= 11 is 3.07. The lowest BCUT2D eigenvalue weighted by atomic mass is 10.2. The van der Waals surface area contributed by atoms with Crippen molar-refractivity contribution < 1.29 is 31.5 Å². The minimum Gasteiger partial charge on any atom is -0.443 e. The fraction of sp³-hybridized carbons (Fsp3) is 0.450. The number of hydrogen-bond donors (Lipinski definition) is 1. The molecular formula is C20H23BrFN7O7S. The zero-order valence-corrected chi connectivity index (χ0v) is 22.4. The Morgan fingerprint density at radius 1 is 1.24 bits per heavy atom. The van der Waals surface area contributed by atoms with Gasteiger partial charge in [0.15, 0.2) is 5.69 Å². The summed E-state index contributed by atoms with van der Waals surface area (Å²) in [4.78, 5) is 24.5. The molecule has 14 nitrogen and oxygen atoms in total. The van der Waals surface area contributed by atoms with Gasteiger partial charge in [0.25, 0.3) is 0 Å². The van der Waals surface area contributed by atoms with Crippen LogP contribution in [0, 0.1) is 5.82 Å². The molecule has 1 fully saturated rings. The van der Waals surface area contributed by atoms with Crippen LogP contribution >= 0.6 is 15.9 Å². The molecule has 1 aliphatic heterocycles. The average molecular weight is 604 g/mol. The van der Waals surface area contributed by atoms with Crippen molar-refractivity contribution >= 4 is 38.1 Å². The van der Waals surface area contributed by atoms with Crippen molar-refractivity contribution in [3.05, 3.63) is 39.0 Å². The standard InChI is InChI=1S/C20H23BrFN7O7S/c1-20(2,3)34-18(30)28-10-9-27(37(28,32)33)8-4-7-23-16-15(24-36-25-16)17-26-35-19(31)29(17)12-5-6-14(22)13(21)11-12/h5-6,11H,4,7-10H2,1-3H3,(H,23,25). The van der Waals surface area contributed by atoms with E-state index in [0.717, 1.165) is 4.57 Å². The highest BCUT2D eigenvalue weighted by Crippen LogP contribution is 2.26. The molecule has 1 aromatic carbocycles. The molecule has 0 aliphatic carbocycles. The van der Waals surface area contributed by atoms with Gasteiger partial charge in [0, 0.05) is 19.6 Å². The van der Waals surface area contributed by atoms with Crippen molar-refractivity contribution in [2.45, 2.75) is 32.8 Å². The van der Waals surface area contributed by atoms with Crippen LogP contribution in [0.15, 0.2) is 36.6 Å². The zero-order chi connectivity index (χ0) is 27.0. The molecule has 0 saturated carbocycles. The lowest BCUT2D eigenvalue weighted by Crippen LogP contribution is -2.40. The van der Waals surface area contributed by atoms with Crippen molar-refractivity contribution in [1.82, 2.24) is 28.6 Å². The SMILES string of the molecule is CC(C)(C)OC(=O)N1CCN(CCCNc2nonc2-c2noc(=O)n2-c2ccc(F)c(Br)c2)S1(=O)=O. The minimum atomic E-state index is -4.00. The molecule has 0 radical (unpaired) electrons. The first-order valence-corrected chi connectivity index (χ1v) is 13.2. The number of nitrogens with one attached hydrogen (secondary N) is 1. The highest BCUT2D eigenvalue weighted by atomic mass is 79.9. The number of rotatable bonds is 7. The maximum atomic E-state index is 13.7. The molecule has 1 saturated heterocycles. The van der Waals surface area contributed by atoms with E-state index in [4.69, 9.17) is 13.9 Å². The van der Waals surface area contributed by atoms with Gasteiger partial charge in [0.1, 0.15) is 11.4 Å². The minimum absolute atomic E-state index is 0.00871. The van der Waals surface area contributed by atoms with Gasteiger partial charge < -0.3 is 10.1 Å². The maximum Gasteiger partial charge on any atom is 0.446 e. The number of carbonyl (C=O) groups is 1.